The molecule has 0 radical (unpaired) electrons. The summed E-state index contributed by atoms with van der Waals surface area (Å²) in [6, 6.07) is 6.70. The van der Waals surface area contributed by atoms with Gasteiger partial charge in [0.15, 0.2) is 0 Å². The van der Waals surface area contributed by atoms with Crippen LogP contribution in [0.15, 0.2) is 42.6 Å². The quantitative estimate of drug-likeness (QED) is 0.886. The number of nitrogens with two attached hydrogens (primary N) is 1. The third kappa shape index (κ3) is 3.18. The Labute approximate surface area is 117 Å². The van der Waals surface area contributed by atoms with Crippen LogP contribution in [0.3, 0.4) is 0 Å². The maximum Gasteiger partial charge on any atom is 0.416 e. The molecular weight excluding hydrogens is 288 g/mol. The molecule has 1 heterocycles. The highest BCUT2D eigenvalue weighted by Gasteiger charge is 2.33. The lowest BCUT2D eigenvalue weighted by Crippen LogP contribution is -2.24. The first kappa shape index (κ1) is 15.0. The fraction of sp³-hybridized carbons (Fsp3) is 0.143. The van der Waals surface area contributed by atoms with Crippen molar-refractivity contribution in [2.24, 2.45) is 5.73 Å². The Morgan fingerprint density at radius 3 is 2.43 bits per heavy atom. The van der Waals surface area contributed by atoms with E-state index in [0.29, 0.717) is 6.07 Å². The fourth-order valence-corrected chi connectivity index (χ4v) is 1.95. The number of pyridine rings is 1. The lowest BCUT2D eigenvalue weighted by atomic mass is 9.93. The number of hydrogen-bond donors (Lipinski definition) is 1. The number of hydrogen-bond acceptors (Lipinski definition) is 2. The van der Waals surface area contributed by atoms with E-state index in [0.717, 1.165) is 18.3 Å². The van der Waals surface area contributed by atoms with Crippen molar-refractivity contribution in [3.8, 4) is 0 Å². The summed E-state index contributed by atoms with van der Waals surface area (Å²) >= 11 is 0. The number of carbonyl (C=O) groups excluding carboxylic acids is 1. The Hall–Kier alpha value is -2.44. The summed E-state index contributed by atoms with van der Waals surface area (Å²) in [4.78, 5) is 15.3. The first-order chi connectivity index (χ1) is 9.80. The van der Waals surface area contributed by atoms with Gasteiger partial charge < -0.3 is 5.73 Å². The van der Waals surface area contributed by atoms with E-state index in [1.54, 1.807) is 0 Å². The Kier molecular flexibility index (Phi) is 3.93. The van der Waals surface area contributed by atoms with Crippen molar-refractivity contribution >= 4 is 5.91 Å². The Morgan fingerprint density at radius 1 is 1.19 bits per heavy atom. The SMILES string of the molecule is NC(=O)C(c1cc(C(F)(F)F)ccn1)c1ccccc1F. The number of amides is 1. The van der Waals surface area contributed by atoms with Crippen molar-refractivity contribution in [3.63, 3.8) is 0 Å². The highest BCUT2D eigenvalue weighted by molar-refractivity contribution is 5.85. The van der Waals surface area contributed by atoms with Gasteiger partial charge in [-0.2, -0.15) is 13.2 Å². The van der Waals surface area contributed by atoms with Crippen LogP contribution in [0.4, 0.5) is 17.6 Å². The number of nitrogens with zero attached hydrogens (tertiary/aromatic N) is 1. The number of alkyl halides is 3. The standard InChI is InChI=1S/C14H10F4N2O/c15-10-4-2-1-3-9(10)12(13(19)21)11-7-8(5-6-20-11)14(16,17)18/h1-7,12H,(H2,19,21). The lowest BCUT2D eigenvalue weighted by molar-refractivity contribution is -0.137. The molecule has 0 spiro atoms. The van der Waals surface area contributed by atoms with Gasteiger partial charge in [-0.3, -0.25) is 9.78 Å². The molecular formula is C14H10F4N2O. The predicted octanol–water partition coefficient (Wildman–Crippen LogP) is 2.86. The minimum absolute atomic E-state index is 0.114. The summed E-state index contributed by atoms with van der Waals surface area (Å²) in [5.41, 5.74) is 3.86. The van der Waals surface area contributed by atoms with Gasteiger partial charge in [0.25, 0.3) is 0 Å². The van der Waals surface area contributed by atoms with Crippen LogP contribution in [0.25, 0.3) is 0 Å². The molecule has 2 N–H and O–H groups in total. The lowest BCUT2D eigenvalue weighted by Gasteiger charge is -2.15. The number of aromatic nitrogens is 1. The second-order valence-electron chi connectivity index (χ2n) is 4.32. The smallest absolute Gasteiger partial charge is 0.369 e. The zero-order valence-corrected chi connectivity index (χ0v) is 10.6. The van der Waals surface area contributed by atoms with E-state index in [1.165, 1.54) is 18.2 Å². The second kappa shape index (κ2) is 5.51. The molecule has 1 atom stereocenters. The summed E-state index contributed by atoms with van der Waals surface area (Å²) in [5, 5.41) is 0. The fourth-order valence-electron chi connectivity index (χ4n) is 1.95. The summed E-state index contributed by atoms with van der Waals surface area (Å²) < 4.78 is 51.9. The van der Waals surface area contributed by atoms with Gasteiger partial charge in [0.05, 0.1) is 11.3 Å². The number of carbonyl (C=O) groups is 1. The van der Waals surface area contributed by atoms with Crippen molar-refractivity contribution in [2.45, 2.75) is 12.1 Å². The average Bonchev–Trinajstić information content (AvgIpc) is 2.40. The highest BCUT2D eigenvalue weighted by atomic mass is 19.4. The van der Waals surface area contributed by atoms with E-state index in [4.69, 9.17) is 5.73 Å². The van der Waals surface area contributed by atoms with Crippen molar-refractivity contribution in [1.82, 2.24) is 4.98 Å². The van der Waals surface area contributed by atoms with E-state index in [-0.39, 0.29) is 11.3 Å². The molecule has 7 heteroatoms. The average molecular weight is 298 g/mol. The van der Waals surface area contributed by atoms with Crippen LogP contribution in [-0.4, -0.2) is 10.9 Å². The molecule has 0 aliphatic rings. The molecule has 2 aromatic rings. The predicted molar refractivity (Wildman–Crippen MR) is 66.7 cm³/mol. The molecule has 0 aliphatic heterocycles. The molecule has 1 aromatic carbocycles. The van der Waals surface area contributed by atoms with E-state index < -0.39 is 29.4 Å². The zero-order valence-electron chi connectivity index (χ0n) is 10.6. The first-order valence-corrected chi connectivity index (χ1v) is 5.87. The van der Waals surface area contributed by atoms with Crippen molar-refractivity contribution in [3.05, 3.63) is 65.2 Å². The summed E-state index contributed by atoms with van der Waals surface area (Å²) in [6.45, 7) is 0. The monoisotopic (exact) mass is 298 g/mol. The Bertz CT molecular complexity index is 670. The van der Waals surface area contributed by atoms with Gasteiger partial charge in [0.1, 0.15) is 11.7 Å². The normalized spacial score (nSPS) is 13.0. The van der Waals surface area contributed by atoms with Crippen LogP contribution in [0.1, 0.15) is 22.7 Å². The molecule has 0 saturated heterocycles. The van der Waals surface area contributed by atoms with E-state index in [1.807, 2.05) is 0 Å². The summed E-state index contributed by atoms with van der Waals surface area (Å²) in [7, 11) is 0. The van der Waals surface area contributed by atoms with Crippen LogP contribution in [0.2, 0.25) is 0 Å². The third-order valence-electron chi connectivity index (χ3n) is 2.90. The minimum atomic E-state index is -4.59. The summed E-state index contributed by atoms with van der Waals surface area (Å²) in [5.74, 6) is -3.10. The number of rotatable bonds is 3. The maximum atomic E-state index is 13.8. The molecule has 0 fully saturated rings. The van der Waals surface area contributed by atoms with Crippen molar-refractivity contribution in [2.75, 3.05) is 0 Å². The maximum absolute atomic E-state index is 13.8. The van der Waals surface area contributed by atoms with Crippen LogP contribution >= 0.6 is 0 Å². The van der Waals surface area contributed by atoms with Crippen LogP contribution in [0, 0.1) is 5.82 Å². The zero-order chi connectivity index (χ0) is 15.6. The molecule has 1 unspecified atom stereocenters. The molecule has 0 saturated carbocycles. The number of halogens is 4. The highest BCUT2D eigenvalue weighted by Crippen LogP contribution is 2.32. The van der Waals surface area contributed by atoms with Gasteiger partial charge in [-0.1, -0.05) is 18.2 Å². The van der Waals surface area contributed by atoms with Gasteiger partial charge in [0, 0.05) is 11.8 Å². The van der Waals surface area contributed by atoms with Crippen LogP contribution in [-0.2, 0) is 11.0 Å². The second-order valence-corrected chi connectivity index (χ2v) is 4.32. The van der Waals surface area contributed by atoms with Crippen LogP contribution in [0.5, 0.6) is 0 Å². The minimum Gasteiger partial charge on any atom is -0.369 e. The van der Waals surface area contributed by atoms with Gasteiger partial charge in [-0.15, -0.1) is 0 Å². The van der Waals surface area contributed by atoms with Gasteiger partial charge in [-0.25, -0.2) is 4.39 Å². The third-order valence-corrected chi connectivity index (χ3v) is 2.90. The Balaban J connectivity index is 2.55. The number of primary amides is 1. The van der Waals surface area contributed by atoms with Gasteiger partial charge in [-0.05, 0) is 18.2 Å². The molecule has 0 aliphatic carbocycles. The van der Waals surface area contributed by atoms with E-state index in [2.05, 4.69) is 4.98 Å². The molecule has 110 valence electrons. The molecule has 0 bridgehead atoms. The molecule has 2 rings (SSSR count). The van der Waals surface area contributed by atoms with Gasteiger partial charge >= 0.3 is 6.18 Å². The Morgan fingerprint density at radius 2 is 1.86 bits per heavy atom. The molecule has 1 amide bonds. The molecule has 1 aromatic heterocycles. The van der Waals surface area contributed by atoms with Crippen LogP contribution < -0.4 is 5.73 Å². The number of benzene rings is 1. The summed E-state index contributed by atoms with van der Waals surface area (Å²) in [6.07, 6.45) is -3.68. The van der Waals surface area contributed by atoms with E-state index in [9.17, 15) is 22.4 Å². The van der Waals surface area contributed by atoms with E-state index >= 15 is 0 Å². The topological polar surface area (TPSA) is 56.0 Å². The largest absolute Gasteiger partial charge is 0.416 e. The van der Waals surface area contributed by atoms with Crippen molar-refractivity contribution in [1.29, 1.82) is 0 Å². The van der Waals surface area contributed by atoms with Gasteiger partial charge in [0.2, 0.25) is 5.91 Å². The molecule has 3 nitrogen and oxygen atoms in total. The first-order valence-electron chi connectivity index (χ1n) is 5.87. The molecule has 21 heavy (non-hydrogen) atoms. The van der Waals surface area contributed by atoms with Crippen molar-refractivity contribution < 1.29 is 22.4 Å².